The number of likely N-dealkylation sites (N-methyl/N-ethyl adjacent to an activating group) is 1. The Labute approximate surface area is 148 Å². The summed E-state index contributed by atoms with van der Waals surface area (Å²) in [6.07, 6.45) is 3.26. The van der Waals surface area contributed by atoms with Crippen LogP contribution < -0.4 is 4.90 Å². The van der Waals surface area contributed by atoms with E-state index in [-0.39, 0.29) is 5.91 Å². The average molecular weight is 334 g/mol. The van der Waals surface area contributed by atoms with E-state index < -0.39 is 0 Å². The lowest BCUT2D eigenvalue weighted by atomic mass is 10.2. The van der Waals surface area contributed by atoms with Crippen molar-refractivity contribution in [2.24, 2.45) is 0 Å². The summed E-state index contributed by atoms with van der Waals surface area (Å²) in [5, 5.41) is 1.03. The zero-order valence-electron chi connectivity index (χ0n) is 14.8. The quantitative estimate of drug-likeness (QED) is 0.657. The third kappa shape index (κ3) is 4.10. The maximum atomic E-state index is 12.3. The zero-order valence-corrected chi connectivity index (χ0v) is 14.8. The monoisotopic (exact) mass is 334 g/mol. The number of hydrogen-bond donors (Lipinski definition) is 0. The molecule has 1 aromatic heterocycles. The fourth-order valence-corrected chi connectivity index (χ4v) is 2.62. The number of furan rings is 1. The van der Waals surface area contributed by atoms with Gasteiger partial charge in [-0.3, -0.25) is 4.79 Å². The fraction of sp³-hybridized carbons (Fsp3) is 0.190. The molecule has 3 aromatic rings. The van der Waals surface area contributed by atoms with Crippen molar-refractivity contribution in [2.45, 2.75) is 6.54 Å². The number of carbonyl (C=O) groups is 1. The molecule has 2 aromatic carbocycles. The summed E-state index contributed by atoms with van der Waals surface area (Å²) < 4.78 is 5.69. The predicted molar refractivity (Wildman–Crippen MR) is 102 cm³/mol. The van der Waals surface area contributed by atoms with Crippen LogP contribution in [0.15, 0.2) is 65.1 Å². The molecule has 128 valence electrons. The van der Waals surface area contributed by atoms with Crippen LogP contribution >= 0.6 is 0 Å². The van der Waals surface area contributed by atoms with Gasteiger partial charge in [-0.2, -0.15) is 0 Å². The highest BCUT2D eigenvalue weighted by Crippen LogP contribution is 2.20. The van der Waals surface area contributed by atoms with E-state index in [2.05, 4.69) is 17.0 Å². The second-order valence-corrected chi connectivity index (χ2v) is 6.28. The van der Waals surface area contributed by atoms with Gasteiger partial charge < -0.3 is 14.2 Å². The van der Waals surface area contributed by atoms with Crippen LogP contribution in [0.1, 0.15) is 11.3 Å². The van der Waals surface area contributed by atoms with E-state index in [1.165, 1.54) is 0 Å². The van der Waals surface area contributed by atoms with Crippen molar-refractivity contribution >= 4 is 28.6 Å². The van der Waals surface area contributed by atoms with E-state index in [1.807, 2.05) is 56.6 Å². The Bertz CT molecular complexity index is 859. The molecule has 0 fully saturated rings. The van der Waals surface area contributed by atoms with Gasteiger partial charge in [0.2, 0.25) is 5.91 Å². The van der Waals surface area contributed by atoms with Crippen molar-refractivity contribution in [3.05, 3.63) is 72.0 Å². The first-order valence-corrected chi connectivity index (χ1v) is 8.21. The van der Waals surface area contributed by atoms with Gasteiger partial charge >= 0.3 is 0 Å². The van der Waals surface area contributed by atoms with Crippen molar-refractivity contribution in [1.82, 2.24) is 4.90 Å². The first kappa shape index (κ1) is 16.8. The van der Waals surface area contributed by atoms with Crippen LogP contribution in [0, 0.1) is 0 Å². The van der Waals surface area contributed by atoms with E-state index in [0.717, 1.165) is 22.2 Å². The SMILES string of the molecule is CN(Cc1ccc(N(C)C)cc1)C(=O)/C=C/c1cc2ccccc2o1. The van der Waals surface area contributed by atoms with Gasteiger partial charge in [-0.1, -0.05) is 30.3 Å². The fourth-order valence-electron chi connectivity index (χ4n) is 2.62. The van der Waals surface area contributed by atoms with Gasteiger partial charge in [0.25, 0.3) is 0 Å². The number of anilines is 1. The molecule has 25 heavy (non-hydrogen) atoms. The molecular weight excluding hydrogens is 312 g/mol. The van der Waals surface area contributed by atoms with Crippen molar-refractivity contribution < 1.29 is 9.21 Å². The van der Waals surface area contributed by atoms with E-state index in [0.29, 0.717) is 12.3 Å². The molecule has 0 radical (unpaired) electrons. The molecule has 1 amide bonds. The molecule has 4 nitrogen and oxygen atoms in total. The zero-order chi connectivity index (χ0) is 17.8. The van der Waals surface area contributed by atoms with Gasteiger partial charge in [-0.15, -0.1) is 0 Å². The molecule has 0 aliphatic heterocycles. The third-order valence-corrected chi connectivity index (χ3v) is 4.08. The Morgan fingerprint density at radius 2 is 1.76 bits per heavy atom. The van der Waals surface area contributed by atoms with Crippen LogP contribution in [0.3, 0.4) is 0 Å². The van der Waals surface area contributed by atoms with E-state index >= 15 is 0 Å². The number of amides is 1. The number of para-hydroxylation sites is 1. The van der Waals surface area contributed by atoms with E-state index in [4.69, 9.17) is 4.42 Å². The van der Waals surface area contributed by atoms with Crippen LogP contribution in [0.2, 0.25) is 0 Å². The maximum absolute atomic E-state index is 12.3. The second-order valence-electron chi connectivity index (χ2n) is 6.28. The van der Waals surface area contributed by atoms with E-state index in [1.54, 1.807) is 24.1 Å². The highest BCUT2D eigenvalue weighted by atomic mass is 16.3. The van der Waals surface area contributed by atoms with Crippen LogP contribution in [0.4, 0.5) is 5.69 Å². The number of benzene rings is 2. The minimum Gasteiger partial charge on any atom is -0.457 e. The molecule has 0 unspecified atom stereocenters. The summed E-state index contributed by atoms with van der Waals surface area (Å²) in [6.45, 7) is 0.566. The molecule has 1 heterocycles. The van der Waals surface area contributed by atoms with Gasteiger partial charge in [0.05, 0.1) is 0 Å². The molecule has 0 saturated heterocycles. The number of rotatable bonds is 5. The van der Waals surface area contributed by atoms with Crippen LogP contribution in [-0.2, 0) is 11.3 Å². The minimum atomic E-state index is -0.0582. The Morgan fingerprint density at radius 3 is 2.44 bits per heavy atom. The molecule has 0 saturated carbocycles. The largest absolute Gasteiger partial charge is 0.457 e. The minimum absolute atomic E-state index is 0.0582. The van der Waals surface area contributed by atoms with Crippen molar-refractivity contribution in [2.75, 3.05) is 26.0 Å². The molecule has 0 aliphatic rings. The van der Waals surface area contributed by atoms with E-state index in [9.17, 15) is 4.79 Å². The summed E-state index contributed by atoms with van der Waals surface area (Å²) >= 11 is 0. The number of hydrogen-bond acceptors (Lipinski definition) is 3. The number of nitrogens with zero attached hydrogens (tertiary/aromatic N) is 2. The lowest BCUT2D eigenvalue weighted by Crippen LogP contribution is -2.24. The first-order valence-electron chi connectivity index (χ1n) is 8.21. The Balaban J connectivity index is 1.63. The van der Waals surface area contributed by atoms with Gasteiger partial charge in [-0.05, 0) is 35.9 Å². The second kappa shape index (κ2) is 7.26. The topological polar surface area (TPSA) is 36.7 Å². The lowest BCUT2D eigenvalue weighted by molar-refractivity contribution is -0.125. The van der Waals surface area contributed by atoms with Crippen LogP contribution in [-0.4, -0.2) is 32.0 Å². The van der Waals surface area contributed by atoms with Gasteiger partial charge in [0.1, 0.15) is 11.3 Å². The lowest BCUT2D eigenvalue weighted by Gasteiger charge is -2.17. The Hall–Kier alpha value is -3.01. The van der Waals surface area contributed by atoms with Gasteiger partial charge in [0.15, 0.2) is 0 Å². The molecule has 0 bridgehead atoms. The highest BCUT2D eigenvalue weighted by molar-refractivity contribution is 5.92. The molecule has 0 spiro atoms. The van der Waals surface area contributed by atoms with Crippen molar-refractivity contribution in [1.29, 1.82) is 0 Å². The molecule has 0 atom stereocenters. The summed E-state index contributed by atoms with van der Waals surface area (Å²) in [4.78, 5) is 16.0. The van der Waals surface area contributed by atoms with Crippen molar-refractivity contribution in [3.63, 3.8) is 0 Å². The first-order chi connectivity index (χ1) is 12.0. The summed E-state index contributed by atoms with van der Waals surface area (Å²) in [7, 11) is 5.81. The van der Waals surface area contributed by atoms with Crippen molar-refractivity contribution in [3.8, 4) is 0 Å². The summed E-state index contributed by atoms with van der Waals surface area (Å²) in [5.41, 5.74) is 3.06. The van der Waals surface area contributed by atoms with Gasteiger partial charge in [-0.25, -0.2) is 0 Å². The Morgan fingerprint density at radius 1 is 1.04 bits per heavy atom. The summed E-state index contributed by atoms with van der Waals surface area (Å²) in [6, 6.07) is 17.9. The van der Waals surface area contributed by atoms with Crippen LogP contribution in [0.5, 0.6) is 0 Å². The Kier molecular flexibility index (Phi) is 4.89. The molecule has 4 heteroatoms. The maximum Gasteiger partial charge on any atom is 0.246 e. The standard InChI is InChI=1S/C21H22N2O2/c1-22(2)18-10-8-16(9-11-18)15-23(3)21(24)13-12-19-14-17-6-4-5-7-20(17)25-19/h4-14H,15H2,1-3H3/b13-12+. The highest BCUT2D eigenvalue weighted by Gasteiger charge is 2.07. The smallest absolute Gasteiger partial charge is 0.246 e. The number of carbonyl (C=O) groups excluding carboxylic acids is 1. The molecular formula is C21H22N2O2. The normalized spacial score (nSPS) is 11.2. The third-order valence-electron chi connectivity index (χ3n) is 4.08. The average Bonchev–Trinajstić information content (AvgIpc) is 3.03. The number of fused-ring (bicyclic) bond motifs is 1. The summed E-state index contributed by atoms with van der Waals surface area (Å²) in [5.74, 6) is 0.621. The molecule has 0 N–H and O–H groups in total. The van der Waals surface area contributed by atoms with Gasteiger partial charge in [0, 0.05) is 44.8 Å². The predicted octanol–water partition coefficient (Wildman–Crippen LogP) is 4.17. The molecule has 3 rings (SSSR count). The molecule has 0 aliphatic carbocycles. The van der Waals surface area contributed by atoms with Crippen LogP contribution in [0.25, 0.3) is 17.0 Å².